The molecule has 1 aliphatic rings. The number of hydrogen-bond acceptors (Lipinski definition) is 7. The van der Waals surface area contributed by atoms with Crippen LogP contribution in [-0.2, 0) is 11.2 Å². The Morgan fingerprint density at radius 2 is 1.88 bits per heavy atom. The van der Waals surface area contributed by atoms with E-state index in [2.05, 4.69) is 49.5 Å². The van der Waals surface area contributed by atoms with Gasteiger partial charge in [-0.25, -0.2) is 9.97 Å². The first-order chi connectivity index (χ1) is 16.0. The molecule has 168 valence electrons. The summed E-state index contributed by atoms with van der Waals surface area (Å²) < 4.78 is 0. The van der Waals surface area contributed by atoms with Crippen LogP contribution >= 0.6 is 0 Å². The second kappa shape index (κ2) is 8.87. The zero-order valence-electron chi connectivity index (χ0n) is 18.3. The van der Waals surface area contributed by atoms with Crippen molar-refractivity contribution in [2.45, 2.75) is 6.42 Å². The third-order valence-electron chi connectivity index (χ3n) is 5.84. The van der Waals surface area contributed by atoms with Crippen LogP contribution in [0.5, 0.6) is 0 Å². The molecule has 3 N–H and O–H groups in total. The summed E-state index contributed by atoms with van der Waals surface area (Å²) in [6.45, 7) is 4.17. The Morgan fingerprint density at radius 1 is 1.09 bits per heavy atom. The number of carbonyl (C=O) groups is 1. The topological polar surface area (TPSA) is 110 Å². The Morgan fingerprint density at radius 3 is 2.64 bits per heavy atom. The zero-order valence-corrected chi connectivity index (χ0v) is 18.3. The first kappa shape index (κ1) is 20.9. The highest BCUT2D eigenvalue weighted by atomic mass is 16.4. The van der Waals surface area contributed by atoms with Gasteiger partial charge in [-0.05, 0) is 42.9 Å². The molecule has 4 aromatic rings. The predicted molar refractivity (Wildman–Crippen MR) is 128 cm³/mol. The molecule has 0 spiro atoms. The Bertz CT molecular complexity index is 1280. The minimum absolute atomic E-state index is 0.0491. The molecule has 0 bridgehead atoms. The summed E-state index contributed by atoms with van der Waals surface area (Å²) in [5.74, 6) is 0.247. The lowest BCUT2D eigenvalue weighted by Gasteiger charge is -2.34. The summed E-state index contributed by atoms with van der Waals surface area (Å²) in [6, 6.07) is 15.6. The van der Waals surface area contributed by atoms with Gasteiger partial charge in [0.05, 0.1) is 12.6 Å². The van der Waals surface area contributed by atoms with Crippen molar-refractivity contribution < 1.29 is 9.90 Å². The number of nitrogens with zero attached hydrogens (tertiary/aromatic N) is 5. The maximum Gasteiger partial charge on any atom is 0.307 e. The van der Waals surface area contributed by atoms with E-state index in [0.717, 1.165) is 37.4 Å². The number of fused-ring (bicyclic) bond motifs is 1. The number of likely N-dealkylation sites (N-methyl/N-ethyl adjacent to an activating group) is 1. The largest absolute Gasteiger partial charge is 0.481 e. The molecule has 5 rings (SSSR count). The van der Waals surface area contributed by atoms with Crippen LogP contribution in [-0.4, -0.2) is 69.4 Å². The third-order valence-corrected chi connectivity index (χ3v) is 5.84. The fourth-order valence-electron chi connectivity index (χ4n) is 4.01. The van der Waals surface area contributed by atoms with Gasteiger partial charge in [-0.2, -0.15) is 5.10 Å². The van der Waals surface area contributed by atoms with Gasteiger partial charge < -0.3 is 20.2 Å². The second-order valence-electron chi connectivity index (χ2n) is 8.26. The number of hydrogen-bond donors (Lipinski definition) is 3. The molecule has 0 saturated carbocycles. The second-order valence-corrected chi connectivity index (χ2v) is 8.26. The average molecular weight is 444 g/mol. The zero-order chi connectivity index (χ0) is 22.8. The number of piperazine rings is 1. The first-order valence-electron chi connectivity index (χ1n) is 10.9. The Kier molecular flexibility index (Phi) is 5.62. The molecule has 1 fully saturated rings. The smallest absolute Gasteiger partial charge is 0.307 e. The standard InChI is InChI=1S/C24H25N7O2/c1-30-9-11-31(12-10-30)19-7-5-18(6-8-19)26-24-22-20(15-25-29-22)27-23(28-24)17-4-2-3-16(13-17)14-21(32)33/h2-8,13,15H,9-12,14H2,1H3,(H,25,29)(H,32,33)(H,26,27,28). The van der Waals surface area contributed by atoms with Gasteiger partial charge in [0.15, 0.2) is 11.6 Å². The van der Waals surface area contributed by atoms with E-state index in [1.165, 1.54) is 5.69 Å². The molecule has 0 aliphatic carbocycles. The number of H-pyrrole nitrogens is 1. The van der Waals surface area contributed by atoms with Crippen LogP contribution in [0.2, 0.25) is 0 Å². The number of anilines is 3. The van der Waals surface area contributed by atoms with Crippen LogP contribution < -0.4 is 10.2 Å². The van der Waals surface area contributed by atoms with Gasteiger partial charge in [-0.15, -0.1) is 0 Å². The van der Waals surface area contributed by atoms with Crippen molar-refractivity contribution in [1.29, 1.82) is 0 Å². The van der Waals surface area contributed by atoms with Crippen molar-refractivity contribution >= 4 is 34.2 Å². The number of carboxylic acids is 1. The van der Waals surface area contributed by atoms with E-state index in [-0.39, 0.29) is 6.42 Å². The molecule has 33 heavy (non-hydrogen) atoms. The number of nitrogens with one attached hydrogen (secondary N) is 2. The van der Waals surface area contributed by atoms with Crippen LogP contribution in [0.3, 0.4) is 0 Å². The van der Waals surface area contributed by atoms with E-state index in [1.54, 1.807) is 12.3 Å². The summed E-state index contributed by atoms with van der Waals surface area (Å²) in [4.78, 5) is 25.2. The molecule has 2 aromatic heterocycles. The van der Waals surface area contributed by atoms with Crippen molar-refractivity contribution in [3.8, 4) is 11.4 Å². The quantitative estimate of drug-likeness (QED) is 0.417. The molecular formula is C24H25N7O2. The molecule has 0 amide bonds. The first-order valence-corrected chi connectivity index (χ1v) is 10.9. The molecule has 9 nitrogen and oxygen atoms in total. The highest BCUT2D eigenvalue weighted by molar-refractivity contribution is 5.88. The van der Waals surface area contributed by atoms with Crippen LogP contribution in [0, 0.1) is 0 Å². The number of benzene rings is 2. The van der Waals surface area contributed by atoms with Gasteiger partial charge in [0.2, 0.25) is 0 Å². The summed E-state index contributed by atoms with van der Waals surface area (Å²) in [7, 11) is 2.15. The van der Waals surface area contributed by atoms with Crippen molar-refractivity contribution in [2.75, 3.05) is 43.4 Å². The number of carboxylic acid groups (broad SMARTS) is 1. The fourth-order valence-corrected chi connectivity index (χ4v) is 4.01. The van der Waals surface area contributed by atoms with Crippen molar-refractivity contribution in [1.82, 2.24) is 25.1 Å². The maximum atomic E-state index is 11.1. The van der Waals surface area contributed by atoms with Crippen LogP contribution in [0.25, 0.3) is 22.4 Å². The van der Waals surface area contributed by atoms with Gasteiger partial charge in [0.25, 0.3) is 0 Å². The molecule has 2 aromatic carbocycles. The van der Waals surface area contributed by atoms with Gasteiger partial charge in [0, 0.05) is 43.1 Å². The Labute approximate surface area is 191 Å². The predicted octanol–water partition coefficient (Wildman–Crippen LogP) is 3.14. The highest BCUT2D eigenvalue weighted by Crippen LogP contribution is 2.27. The molecule has 0 atom stereocenters. The number of aromatic nitrogens is 4. The van der Waals surface area contributed by atoms with E-state index in [9.17, 15) is 4.79 Å². The van der Waals surface area contributed by atoms with Gasteiger partial charge >= 0.3 is 5.97 Å². The summed E-state index contributed by atoms with van der Waals surface area (Å²) in [6.07, 6.45) is 1.61. The minimum atomic E-state index is -0.874. The van der Waals surface area contributed by atoms with E-state index in [0.29, 0.717) is 28.2 Å². The lowest BCUT2D eigenvalue weighted by molar-refractivity contribution is -0.136. The summed E-state index contributed by atoms with van der Waals surface area (Å²) >= 11 is 0. The van der Waals surface area contributed by atoms with Crippen molar-refractivity contribution in [3.05, 3.63) is 60.3 Å². The average Bonchev–Trinajstić information content (AvgIpc) is 3.29. The van der Waals surface area contributed by atoms with E-state index >= 15 is 0 Å². The lowest BCUT2D eigenvalue weighted by atomic mass is 10.1. The van der Waals surface area contributed by atoms with Gasteiger partial charge in [0.1, 0.15) is 11.0 Å². The summed E-state index contributed by atoms with van der Waals surface area (Å²) in [5, 5.41) is 19.6. The van der Waals surface area contributed by atoms with E-state index in [1.807, 2.05) is 30.3 Å². The van der Waals surface area contributed by atoms with Crippen molar-refractivity contribution in [3.63, 3.8) is 0 Å². The number of aliphatic carboxylic acids is 1. The minimum Gasteiger partial charge on any atom is -0.481 e. The highest BCUT2D eigenvalue weighted by Gasteiger charge is 2.15. The SMILES string of the molecule is CN1CCN(c2ccc(Nc3nc(-c4cccc(CC(=O)O)c4)nc4cn[nH]c34)cc2)CC1. The van der Waals surface area contributed by atoms with Crippen LogP contribution in [0.1, 0.15) is 5.56 Å². The normalized spacial score (nSPS) is 14.5. The summed E-state index contributed by atoms with van der Waals surface area (Å²) in [5.41, 5.74) is 4.96. The number of aromatic amines is 1. The maximum absolute atomic E-state index is 11.1. The van der Waals surface area contributed by atoms with Crippen molar-refractivity contribution in [2.24, 2.45) is 0 Å². The molecule has 3 heterocycles. The van der Waals surface area contributed by atoms with Crippen LogP contribution in [0.15, 0.2) is 54.7 Å². The fraction of sp³-hybridized carbons (Fsp3) is 0.250. The Balaban J connectivity index is 1.42. The van der Waals surface area contributed by atoms with E-state index < -0.39 is 5.97 Å². The third kappa shape index (κ3) is 4.63. The van der Waals surface area contributed by atoms with Crippen LogP contribution in [0.4, 0.5) is 17.2 Å². The van der Waals surface area contributed by atoms with E-state index in [4.69, 9.17) is 10.1 Å². The number of rotatable bonds is 6. The molecular weight excluding hydrogens is 418 g/mol. The molecule has 9 heteroatoms. The van der Waals surface area contributed by atoms with Gasteiger partial charge in [-0.3, -0.25) is 9.89 Å². The molecule has 1 aliphatic heterocycles. The lowest BCUT2D eigenvalue weighted by Crippen LogP contribution is -2.44. The Hall–Kier alpha value is -3.98. The molecule has 1 saturated heterocycles. The van der Waals surface area contributed by atoms with Gasteiger partial charge in [-0.1, -0.05) is 18.2 Å². The molecule has 0 unspecified atom stereocenters. The monoisotopic (exact) mass is 443 g/mol. The molecule has 0 radical (unpaired) electrons.